The van der Waals surface area contributed by atoms with Crippen molar-refractivity contribution in [3.8, 4) is 11.1 Å². The zero-order chi connectivity index (χ0) is 68.3. The summed E-state index contributed by atoms with van der Waals surface area (Å²) in [5, 5.41) is 7.54. The van der Waals surface area contributed by atoms with E-state index in [-0.39, 0.29) is 33.8 Å². The standard InChI is InChI=1S/C93H89BN4/c1-58-29-38-64(39-30-58)95(65-40-31-59(2)32-41-65)69-47-49-80-83(56-69)97(67-44-35-61(36-45-67)90(6,7)8)85-52-63(92(12,13)14)53-86-88(85)94(80)81-51-62(91(9,10)11)37-50-82(81)98(86)84-57-70(55-79-87(84)76-27-21-22-28-78(76)93(79,15)16)96(66-42-33-60(34-43-66)89(3,4)5)68-46-48-75-73-25-18-17-23-71(73)72-24-19-20-26-74(72)77(75)54-68/h17-57H,1-16H3. The molecule has 3 aliphatic rings. The summed E-state index contributed by atoms with van der Waals surface area (Å²) in [7, 11) is 0. The minimum Gasteiger partial charge on any atom is -0.311 e. The van der Waals surface area contributed by atoms with Crippen molar-refractivity contribution < 1.29 is 0 Å². The van der Waals surface area contributed by atoms with E-state index in [1.54, 1.807) is 0 Å². The molecule has 2 heterocycles. The number of fused-ring (bicyclic) bond motifs is 13. The molecule has 0 N–H and O–H groups in total. The summed E-state index contributed by atoms with van der Waals surface area (Å²) < 4.78 is 0. The summed E-state index contributed by atoms with van der Waals surface area (Å²) in [6, 6.07) is 96.5. The van der Waals surface area contributed by atoms with Gasteiger partial charge in [-0.2, -0.15) is 0 Å². The molecule has 13 aromatic carbocycles. The van der Waals surface area contributed by atoms with Crippen molar-refractivity contribution in [2.24, 2.45) is 0 Å². The number of benzene rings is 13. The quantitative estimate of drug-likeness (QED) is 0.111. The Labute approximate surface area is 581 Å². The number of hydrogen-bond donors (Lipinski definition) is 0. The molecule has 1 aliphatic carbocycles. The summed E-state index contributed by atoms with van der Waals surface area (Å²) in [6.45, 7) is 37.3. The van der Waals surface area contributed by atoms with E-state index in [9.17, 15) is 0 Å². The first-order chi connectivity index (χ1) is 46.7. The fraction of sp³-hybridized carbons (Fsp3) is 0.226. The van der Waals surface area contributed by atoms with Gasteiger partial charge in [-0.05, 0) is 226 Å². The van der Waals surface area contributed by atoms with Crippen molar-refractivity contribution in [3.05, 3.63) is 293 Å². The zero-order valence-corrected chi connectivity index (χ0v) is 60.0. The van der Waals surface area contributed by atoms with Crippen LogP contribution in [0.2, 0.25) is 0 Å². The lowest BCUT2D eigenvalue weighted by Gasteiger charge is -2.46. The van der Waals surface area contributed by atoms with Crippen molar-refractivity contribution in [3.63, 3.8) is 0 Å². The first-order valence-corrected chi connectivity index (χ1v) is 35.3. The highest BCUT2D eigenvalue weighted by molar-refractivity contribution is 7.00. The third-order valence-corrected chi connectivity index (χ3v) is 21.7. The fourth-order valence-electron chi connectivity index (χ4n) is 16.2. The minimum atomic E-state index is -0.363. The summed E-state index contributed by atoms with van der Waals surface area (Å²) >= 11 is 0. The molecule has 0 spiro atoms. The summed E-state index contributed by atoms with van der Waals surface area (Å²) in [5.41, 5.74) is 29.6. The molecule has 0 bridgehead atoms. The van der Waals surface area contributed by atoms with Gasteiger partial charge in [-0.3, -0.25) is 0 Å². The van der Waals surface area contributed by atoms with E-state index in [4.69, 9.17) is 0 Å². The van der Waals surface area contributed by atoms with Crippen LogP contribution in [0.3, 0.4) is 0 Å². The van der Waals surface area contributed by atoms with Crippen molar-refractivity contribution >= 4 is 124 Å². The van der Waals surface area contributed by atoms with Crippen LogP contribution in [0.5, 0.6) is 0 Å². The van der Waals surface area contributed by atoms with Crippen LogP contribution in [-0.2, 0) is 27.1 Å². The SMILES string of the molecule is Cc1ccc(N(c2ccc(C)cc2)c2ccc3c(c2)N(c2ccc(C(C)(C)C)cc2)c2cc(C(C)(C)C)cc4c2B3c2cc(C(C)(C)C)ccc2N4c2cc(N(c3ccc(C(C)(C)C)cc3)c3ccc4c5ccccc5c5ccccc5c4c3)cc3c2-c2ccccc2C3(C)C)cc1. The topological polar surface area (TPSA) is 13.0 Å². The number of nitrogens with zero attached hydrogens (tertiary/aromatic N) is 4. The molecule has 0 fully saturated rings. The van der Waals surface area contributed by atoms with Gasteiger partial charge in [0.25, 0.3) is 6.71 Å². The van der Waals surface area contributed by atoms with Crippen molar-refractivity contribution in [1.82, 2.24) is 0 Å². The number of aryl methyl sites for hydroxylation is 2. The maximum atomic E-state index is 2.73. The predicted octanol–water partition coefficient (Wildman–Crippen LogP) is 24.3. The van der Waals surface area contributed by atoms with E-state index in [1.807, 2.05) is 0 Å². The summed E-state index contributed by atoms with van der Waals surface area (Å²) in [6.07, 6.45) is 0. The van der Waals surface area contributed by atoms with Crippen LogP contribution in [0, 0.1) is 13.8 Å². The summed E-state index contributed by atoms with van der Waals surface area (Å²) in [5.74, 6) is 0. The lowest BCUT2D eigenvalue weighted by Crippen LogP contribution is -2.61. The van der Waals surface area contributed by atoms with Crippen LogP contribution >= 0.6 is 0 Å². The van der Waals surface area contributed by atoms with Gasteiger partial charge in [0.05, 0.1) is 5.69 Å². The lowest BCUT2D eigenvalue weighted by atomic mass is 9.33. The normalized spacial score (nSPS) is 13.9. The van der Waals surface area contributed by atoms with E-state index in [0.29, 0.717) is 0 Å². The highest BCUT2D eigenvalue weighted by Gasteiger charge is 2.47. The van der Waals surface area contributed by atoms with Crippen LogP contribution in [0.15, 0.2) is 249 Å². The number of rotatable bonds is 8. The number of anilines is 12. The summed E-state index contributed by atoms with van der Waals surface area (Å²) in [4.78, 5) is 10.4. The Bertz CT molecular complexity index is 5280. The van der Waals surface area contributed by atoms with Crippen LogP contribution in [0.25, 0.3) is 43.4 Å². The van der Waals surface area contributed by atoms with Crippen LogP contribution in [-0.4, -0.2) is 6.71 Å². The Morgan fingerprint density at radius 3 is 1.31 bits per heavy atom. The van der Waals surface area contributed by atoms with Gasteiger partial charge in [-0.15, -0.1) is 0 Å². The smallest absolute Gasteiger partial charge is 0.252 e. The van der Waals surface area contributed by atoms with Gasteiger partial charge in [0.1, 0.15) is 0 Å². The van der Waals surface area contributed by atoms with Gasteiger partial charge >= 0.3 is 0 Å². The molecule has 0 atom stereocenters. The monoisotopic (exact) mass is 1270 g/mol. The minimum absolute atomic E-state index is 0.0343. The molecular weight excluding hydrogens is 1180 g/mol. The van der Waals surface area contributed by atoms with E-state index < -0.39 is 0 Å². The van der Waals surface area contributed by atoms with Gasteiger partial charge in [-0.1, -0.05) is 254 Å². The lowest BCUT2D eigenvalue weighted by molar-refractivity contribution is 0.590. The Hall–Kier alpha value is -10.1. The molecule has 2 aliphatic heterocycles. The zero-order valence-electron chi connectivity index (χ0n) is 60.0. The van der Waals surface area contributed by atoms with E-state index in [1.165, 1.54) is 127 Å². The fourth-order valence-corrected chi connectivity index (χ4v) is 16.2. The largest absolute Gasteiger partial charge is 0.311 e. The molecule has 16 rings (SSSR count). The van der Waals surface area contributed by atoms with Gasteiger partial charge in [0.2, 0.25) is 0 Å². The molecule has 0 aromatic heterocycles. The van der Waals surface area contributed by atoms with Crippen LogP contribution in [0.4, 0.5) is 68.2 Å². The molecule has 5 heteroatoms. The molecule has 13 aromatic rings. The van der Waals surface area contributed by atoms with Crippen molar-refractivity contribution in [1.29, 1.82) is 0 Å². The molecule has 0 amide bonds. The third-order valence-electron chi connectivity index (χ3n) is 21.7. The van der Waals surface area contributed by atoms with Crippen molar-refractivity contribution in [2.75, 3.05) is 19.6 Å². The molecular formula is C93H89BN4. The molecule has 4 nitrogen and oxygen atoms in total. The van der Waals surface area contributed by atoms with Crippen LogP contribution < -0.4 is 36.0 Å². The maximum Gasteiger partial charge on any atom is 0.252 e. The van der Waals surface area contributed by atoms with Gasteiger partial charge in [0.15, 0.2) is 0 Å². The molecule has 0 unspecified atom stereocenters. The average molecular weight is 1270 g/mol. The second-order valence-corrected chi connectivity index (χ2v) is 32.9. The Balaban J connectivity index is 1.01. The highest BCUT2D eigenvalue weighted by atomic mass is 15.2. The maximum absolute atomic E-state index is 2.73. The Morgan fingerprint density at radius 1 is 0.306 bits per heavy atom. The van der Waals surface area contributed by atoms with Crippen molar-refractivity contribution in [2.45, 2.75) is 138 Å². The molecule has 484 valence electrons. The predicted molar refractivity (Wildman–Crippen MR) is 424 cm³/mol. The average Bonchev–Trinajstić information content (AvgIpc) is 0.982. The van der Waals surface area contributed by atoms with Gasteiger partial charge < -0.3 is 19.6 Å². The molecule has 0 saturated carbocycles. The van der Waals surface area contributed by atoms with E-state index in [0.717, 1.165) is 45.5 Å². The Morgan fingerprint density at radius 2 is 0.745 bits per heavy atom. The second-order valence-electron chi connectivity index (χ2n) is 32.9. The van der Waals surface area contributed by atoms with Crippen LogP contribution in [0.1, 0.15) is 141 Å². The van der Waals surface area contributed by atoms with Gasteiger partial charge in [0, 0.05) is 73.5 Å². The number of hydrogen-bond acceptors (Lipinski definition) is 4. The first kappa shape index (κ1) is 62.7. The second kappa shape index (κ2) is 22.5. The molecule has 0 saturated heterocycles. The third kappa shape index (κ3) is 10.2. The van der Waals surface area contributed by atoms with Gasteiger partial charge in [-0.25, -0.2) is 0 Å². The highest BCUT2D eigenvalue weighted by Crippen LogP contribution is 2.58. The Kier molecular flexibility index (Phi) is 14.4. The van der Waals surface area contributed by atoms with E-state index >= 15 is 0 Å². The molecule has 0 radical (unpaired) electrons. The first-order valence-electron chi connectivity index (χ1n) is 35.3. The van der Waals surface area contributed by atoms with E-state index in [2.05, 4.69) is 379 Å². The molecule has 98 heavy (non-hydrogen) atoms.